The standard InChI is InChI=1S/C25H21FN2O6S2/c1-15-11-20(36(31,32)28-18-5-3-17(26)4-6-18)8-9-21(15)34-14-24(29)27-19-7-10-22-16(12-19)13-23(35-22)25(30)33-2/h3-13,28H,14H2,1-2H3,(H,27,29). The monoisotopic (exact) mass is 528 g/mol. The second-order valence-corrected chi connectivity index (χ2v) is 10.5. The van der Waals surface area contributed by atoms with Crippen LogP contribution in [0.25, 0.3) is 10.1 Å². The van der Waals surface area contributed by atoms with E-state index in [9.17, 15) is 22.4 Å². The molecule has 36 heavy (non-hydrogen) atoms. The molecule has 0 radical (unpaired) electrons. The summed E-state index contributed by atoms with van der Waals surface area (Å²) in [6.07, 6.45) is 0. The predicted octanol–water partition coefficient (Wildman–Crippen LogP) is 4.95. The first-order valence-corrected chi connectivity index (χ1v) is 12.9. The van der Waals surface area contributed by atoms with Gasteiger partial charge in [0.1, 0.15) is 16.4 Å². The Balaban J connectivity index is 1.38. The van der Waals surface area contributed by atoms with Gasteiger partial charge in [-0.15, -0.1) is 11.3 Å². The molecule has 4 aromatic rings. The van der Waals surface area contributed by atoms with Gasteiger partial charge < -0.3 is 14.8 Å². The molecule has 8 nitrogen and oxygen atoms in total. The maximum absolute atomic E-state index is 13.1. The average molecular weight is 529 g/mol. The van der Waals surface area contributed by atoms with Crippen LogP contribution in [-0.4, -0.2) is 34.0 Å². The third kappa shape index (κ3) is 5.81. The van der Waals surface area contributed by atoms with Gasteiger partial charge in [0, 0.05) is 16.1 Å². The van der Waals surface area contributed by atoms with Crippen LogP contribution >= 0.6 is 11.3 Å². The van der Waals surface area contributed by atoms with E-state index in [-0.39, 0.29) is 17.2 Å². The van der Waals surface area contributed by atoms with Gasteiger partial charge in [-0.25, -0.2) is 17.6 Å². The minimum atomic E-state index is -3.90. The number of hydrogen-bond donors (Lipinski definition) is 2. The van der Waals surface area contributed by atoms with Crippen molar-refractivity contribution in [2.75, 3.05) is 23.8 Å². The number of ether oxygens (including phenoxy) is 2. The van der Waals surface area contributed by atoms with Gasteiger partial charge >= 0.3 is 5.97 Å². The van der Waals surface area contributed by atoms with E-state index in [1.54, 1.807) is 31.2 Å². The third-order valence-electron chi connectivity index (χ3n) is 5.10. The summed E-state index contributed by atoms with van der Waals surface area (Å²) in [4.78, 5) is 24.6. The quantitative estimate of drug-likeness (QED) is 0.313. The molecule has 0 bridgehead atoms. The van der Waals surface area contributed by atoms with Crippen molar-refractivity contribution >= 4 is 54.7 Å². The number of amides is 1. The molecule has 186 valence electrons. The molecule has 3 aromatic carbocycles. The van der Waals surface area contributed by atoms with E-state index in [0.29, 0.717) is 21.9 Å². The number of halogens is 1. The number of sulfonamides is 1. The average Bonchev–Trinajstić information content (AvgIpc) is 3.27. The third-order valence-corrected chi connectivity index (χ3v) is 7.57. The molecule has 4 rings (SSSR count). The van der Waals surface area contributed by atoms with Crippen LogP contribution in [0.5, 0.6) is 5.75 Å². The summed E-state index contributed by atoms with van der Waals surface area (Å²) in [5.74, 6) is -0.955. The number of anilines is 2. The number of aryl methyl sites for hydroxylation is 1. The highest BCUT2D eigenvalue weighted by Crippen LogP contribution is 2.29. The minimum absolute atomic E-state index is 0.00323. The maximum atomic E-state index is 13.1. The van der Waals surface area contributed by atoms with Crippen molar-refractivity contribution < 1.29 is 31.9 Å². The largest absolute Gasteiger partial charge is 0.483 e. The van der Waals surface area contributed by atoms with Crippen LogP contribution < -0.4 is 14.8 Å². The first-order valence-electron chi connectivity index (χ1n) is 10.6. The zero-order valence-corrected chi connectivity index (χ0v) is 20.8. The molecule has 0 saturated heterocycles. The maximum Gasteiger partial charge on any atom is 0.348 e. The molecule has 1 heterocycles. The Kier molecular flexibility index (Phi) is 7.22. The molecule has 1 amide bonds. The van der Waals surface area contributed by atoms with E-state index in [0.717, 1.165) is 22.2 Å². The molecule has 0 fully saturated rings. The Labute approximate surface area is 210 Å². The topological polar surface area (TPSA) is 111 Å². The van der Waals surface area contributed by atoms with Gasteiger partial charge in [0.05, 0.1) is 12.0 Å². The number of rotatable bonds is 8. The molecule has 0 aliphatic heterocycles. The Hall–Kier alpha value is -3.96. The molecule has 11 heteroatoms. The molecule has 0 aliphatic carbocycles. The van der Waals surface area contributed by atoms with Crippen LogP contribution in [0.3, 0.4) is 0 Å². The molecule has 1 aromatic heterocycles. The summed E-state index contributed by atoms with van der Waals surface area (Å²) in [7, 11) is -2.58. The van der Waals surface area contributed by atoms with E-state index in [1.165, 1.54) is 48.8 Å². The Bertz CT molecular complexity index is 1550. The van der Waals surface area contributed by atoms with Crippen LogP contribution in [-0.2, 0) is 19.6 Å². The molecule has 2 N–H and O–H groups in total. The van der Waals surface area contributed by atoms with Gasteiger partial charge in [-0.3, -0.25) is 9.52 Å². The Morgan fingerprint density at radius 2 is 1.69 bits per heavy atom. The van der Waals surface area contributed by atoms with Gasteiger partial charge in [0.15, 0.2) is 6.61 Å². The second-order valence-electron chi connectivity index (χ2n) is 7.73. The fourth-order valence-corrected chi connectivity index (χ4v) is 5.45. The van der Waals surface area contributed by atoms with Crippen molar-refractivity contribution in [3.63, 3.8) is 0 Å². The van der Waals surface area contributed by atoms with Crippen LogP contribution in [0.1, 0.15) is 15.2 Å². The summed E-state index contributed by atoms with van der Waals surface area (Å²) in [6, 6.07) is 16.2. The summed E-state index contributed by atoms with van der Waals surface area (Å²) >= 11 is 1.30. The fourth-order valence-electron chi connectivity index (χ4n) is 3.35. The lowest BCUT2D eigenvalue weighted by atomic mass is 10.2. The van der Waals surface area contributed by atoms with Crippen LogP contribution in [0, 0.1) is 12.7 Å². The van der Waals surface area contributed by atoms with E-state index in [4.69, 9.17) is 9.47 Å². The molecular weight excluding hydrogens is 507 g/mol. The highest BCUT2D eigenvalue weighted by molar-refractivity contribution is 7.92. The number of thiophene rings is 1. The molecule has 0 aliphatic rings. The number of nitrogens with one attached hydrogen (secondary N) is 2. The number of hydrogen-bond acceptors (Lipinski definition) is 7. The lowest BCUT2D eigenvalue weighted by Gasteiger charge is -2.12. The van der Waals surface area contributed by atoms with Crippen molar-refractivity contribution in [2.45, 2.75) is 11.8 Å². The van der Waals surface area contributed by atoms with Gasteiger partial charge in [0.25, 0.3) is 15.9 Å². The van der Waals surface area contributed by atoms with Crippen molar-refractivity contribution in [2.24, 2.45) is 0 Å². The van der Waals surface area contributed by atoms with Crippen molar-refractivity contribution in [1.29, 1.82) is 0 Å². The van der Waals surface area contributed by atoms with Crippen LogP contribution in [0.4, 0.5) is 15.8 Å². The zero-order valence-electron chi connectivity index (χ0n) is 19.2. The van der Waals surface area contributed by atoms with E-state index in [1.807, 2.05) is 0 Å². The van der Waals surface area contributed by atoms with Gasteiger partial charge in [-0.05, 0) is 84.6 Å². The minimum Gasteiger partial charge on any atom is -0.483 e. The number of methoxy groups -OCH3 is 1. The molecule has 0 saturated carbocycles. The number of carbonyl (C=O) groups excluding carboxylic acids is 2. The first kappa shape index (κ1) is 25.1. The number of fused-ring (bicyclic) bond motifs is 1. The van der Waals surface area contributed by atoms with E-state index >= 15 is 0 Å². The van der Waals surface area contributed by atoms with Gasteiger partial charge in [-0.2, -0.15) is 0 Å². The highest BCUT2D eigenvalue weighted by atomic mass is 32.2. The molecular formula is C25H21FN2O6S2. The van der Waals surface area contributed by atoms with E-state index in [2.05, 4.69) is 10.0 Å². The van der Waals surface area contributed by atoms with Crippen LogP contribution in [0.2, 0.25) is 0 Å². The normalized spacial score (nSPS) is 11.2. The predicted molar refractivity (Wildman–Crippen MR) is 136 cm³/mol. The first-order chi connectivity index (χ1) is 17.1. The SMILES string of the molecule is COC(=O)c1cc2cc(NC(=O)COc3ccc(S(=O)(=O)Nc4ccc(F)cc4)cc3C)ccc2s1. The number of carbonyl (C=O) groups is 2. The molecule has 0 unspecified atom stereocenters. The van der Waals surface area contributed by atoms with Gasteiger partial charge in [0.2, 0.25) is 0 Å². The van der Waals surface area contributed by atoms with Crippen molar-refractivity contribution in [1.82, 2.24) is 0 Å². The fraction of sp³-hybridized carbons (Fsp3) is 0.120. The lowest BCUT2D eigenvalue weighted by molar-refractivity contribution is -0.118. The number of esters is 1. The summed E-state index contributed by atoms with van der Waals surface area (Å²) < 4.78 is 51.9. The van der Waals surface area contributed by atoms with Crippen molar-refractivity contribution in [3.8, 4) is 5.75 Å². The summed E-state index contributed by atoms with van der Waals surface area (Å²) in [5.41, 5.74) is 1.28. The summed E-state index contributed by atoms with van der Waals surface area (Å²) in [5, 5.41) is 3.53. The summed E-state index contributed by atoms with van der Waals surface area (Å²) in [6.45, 7) is 1.36. The lowest BCUT2D eigenvalue weighted by Crippen LogP contribution is -2.20. The molecule has 0 atom stereocenters. The molecule has 0 spiro atoms. The van der Waals surface area contributed by atoms with Crippen molar-refractivity contribution in [3.05, 3.63) is 83.0 Å². The smallest absolute Gasteiger partial charge is 0.348 e. The second kappa shape index (κ2) is 10.3. The van der Waals surface area contributed by atoms with Gasteiger partial charge in [-0.1, -0.05) is 0 Å². The Morgan fingerprint density at radius 1 is 0.972 bits per heavy atom. The highest BCUT2D eigenvalue weighted by Gasteiger charge is 2.17. The Morgan fingerprint density at radius 3 is 2.39 bits per heavy atom. The van der Waals surface area contributed by atoms with E-state index < -0.39 is 27.7 Å². The van der Waals surface area contributed by atoms with Crippen LogP contribution in [0.15, 0.2) is 71.6 Å². The number of benzene rings is 3. The zero-order chi connectivity index (χ0) is 25.9.